The van der Waals surface area contributed by atoms with E-state index in [4.69, 9.17) is 9.31 Å². The van der Waals surface area contributed by atoms with E-state index in [0.29, 0.717) is 5.76 Å². The van der Waals surface area contributed by atoms with Crippen LogP contribution >= 0.6 is 11.8 Å². The number of hydrogen-bond donors (Lipinski definition) is 0. The second kappa shape index (κ2) is 6.23. The van der Waals surface area contributed by atoms with Crippen molar-refractivity contribution in [1.29, 1.82) is 0 Å². The summed E-state index contributed by atoms with van der Waals surface area (Å²) in [5.74, 6) is 1.65. The Bertz CT molecular complexity index is 653. The van der Waals surface area contributed by atoms with Gasteiger partial charge in [-0.05, 0) is 37.0 Å². The van der Waals surface area contributed by atoms with Gasteiger partial charge in [-0.2, -0.15) is 0 Å². The standard InChI is InChI=1S/C18H19BO2S/c1-14-18(2,3)21-19(20-14)16-9-11-17(12-10-16)22-13-15-7-5-4-6-8-15/h4-12H,1,13H2,2-3H3. The van der Waals surface area contributed by atoms with Gasteiger partial charge >= 0.3 is 7.12 Å². The second-order valence-corrected chi connectivity index (χ2v) is 6.89. The first kappa shape index (κ1) is 15.3. The smallest absolute Gasteiger partial charge is 0.534 e. The molecule has 1 saturated heterocycles. The van der Waals surface area contributed by atoms with Crippen LogP contribution in [0.5, 0.6) is 0 Å². The summed E-state index contributed by atoms with van der Waals surface area (Å²) in [6.45, 7) is 7.86. The Labute approximate surface area is 136 Å². The summed E-state index contributed by atoms with van der Waals surface area (Å²) >= 11 is 1.83. The summed E-state index contributed by atoms with van der Waals surface area (Å²) in [5, 5.41) is 0. The summed E-state index contributed by atoms with van der Waals surface area (Å²) < 4.78 is 11.6. The topological polar surface area (TPSA) is 18.5 Å². The minimum atomic E-state index is -0.425. The number of benzene rings is 2. The van der Waals surface area contributed by atoms with E-state index in [1.54, 1.807) is 0 Å². The molecule has 0 unspecified atom stereocenters. The lowest BCUT2D eigenvalue weighted by atomic mass is 9.79. The first-order chi connectivity index (χ1) is 10.5. The minimum Gasteiger partial charge on any atom is -0.534 e. The van der Waals surface area contributed by atoms with E-state index in [9.17, 15) is 0 Å². The third kappa shape index (κ3) is 3.39. The molecular weight excluding hydrogens is 291 g/mol. The fraction of sp³-hybridized carbons (Fsp3) is 0.222. The van der Waals surface area contributed by atoms with Gasteiger partial charge in [-0.1, -0.05) is 49.0 Å². The van der Waals surface area contributed by atoms with Crippen LogP contribution in [0.3, 0.4) is 0 Å². The summed E-state index contributed by atoms with van der Waals surface area (Å²) in [6, 6.07) is 18.8. The third-order valence-electron chi connectivity index (χ3n) is 3.72. The lowest BCUT2D eigenvalue weighted by Crippen LogP contribution is -2.34. The summed E-state index contributed by atoms with van der Waals surface area (Å²) in [4.78, 5) is 1.24. The maximum Gasteiger partial charge on any atom is 0.563 e. The molecular formula is C18H19BO2S. The Morgan fingerprint density at radius 3 is 2.32 bits per heavy atom. The highest BCUT2D eigenvalue weighted by molar-refractivity contribution is 7.98. The zero-order chi connectivity index (χ0) is 15.6. The van der Waals surface area contributed by atoms with Gasteiger partial charge in [0, 0.05) is 10.6 Å². The lowest BCUT2D eigenvalue weighted by Gasteiger charge is -2.15. The van der Waals surface area contributed by atoms with Gasteiger partial charge in [-0.25, -0.2) is 0 Å². The Morgan fingerprint density at radius 1 is 1.05 bits per heavy atom. The number of rotatable bonds is 4. The second-order valence-electron chi connectivity index (χ2n) is 5.84. The van der Waals surface area contributed by atoms with Crippen molar-refractivity contribution in [2.75, 3.05) is 0 Å². The maximum absolute atomic E-state index is 5.89. The minimum absolute atomic E-state index is 0.351. The molecule has 1 heterocycles. The average Bonchev–Trinajstić information content (AvgIpc) is 2.80. The van der Waals surface area contributed by atoms with E-state index in [-0.39, 0.29) is 7.12 Å². The van der Waals surface area contributed by atoms with Crippen molar-refractivity contribution in [3.8, 4) is 0 Å². The van der Waals surface area contributed by atoms with Gasteiger partial charge < -0.3 is 9.31 Å². The first-order valence-corrected chi connectivity index (χ1v) is 8.34. The van der Waals surface area contributed by atoms with Crippen LogP contribution in [0.4, 0.5) is 0 Å². The Morgan fingerprint density at radius 2 is 1.73 bits per heavy atom. The molecule has 112 valence electrons. The molecule has 0 bridgehead atoms. The molecule has 0 amide bonds. The van der Waals surface area contributed by atoms with Gasteiger partial charge in [-0.3, -0.25) is 0 Å². The Hall–Kier alpha value is -1.65. The summed E-state index contributed by atoms with van der Waals surface area (Å²) in [6.07, 6.45) is 0. The van der Waals surface area contributed by atoms with Gasteiger partial charge in [-0.15, -0.1) is 11.8 Å². The molecule has 22 heavy (non-hydrogen) atoms. The third-order valence-corrected chi connectivity index (χ3v) is 4.81. The highest BCUT2D eigenvalue weighted by Crippen LogP contribution is 2.29. The fourth-order valence-corrected chi connectivity index (χ4v) is 3.08. The van der Waals surface area contributed by atoms with E-state index < -0.39 is 5.60 Å². The molecule has 2 aromatic rings. The van der Waals surface area contributed by atoms with Crippen LogP contribution in [0.2, 0.25) is 0 Å². The van der Waals surface area contributed by atoms with Crippen LogP contribution in [0.1, 0.15) is 19.4 Å². The van der Waals surface area contributed by atoms with Crippen LogP contribution in [-0.4, -0.2) is 12.7 Å². The highest BCUT2D eigenvalue weighted by Gasteiger charge is 2.42. The van der Waals surface area contributed by atoms with Crippen molar-refractivity contribution in [2.24, 2.45) is 0 Å². The van der Waals surface area contributed by atoms with Gasteiger partial charge in [0.2, 0.25) is 0 Å². The Balaban J connectivity index is 1.62. The highest BCUT2D eigenvalue weighted by atomic mass is 32.2. The van der Waals surface area contributed by atoms with E-state index in [1.807, 2.05) is 31.7 Å². The van der Waals surface area contributed by atoms with Crippen LogP contribution < -0.4 is 5.46 Å². The van der Waals surface area contributed by atoms with E-state index >= 15 is 0 Å². The molecule has 2 nitrogen and oxygen atoms in total. The molecule has 0 N–H and O–H groups in total. The average molecular weight is 310 g/mol. The SMILES string of the molecule is C=C1OB(c2ccc(SCc3ccccc3)cc2)OC1(C)C. The maximum atomic E-state index is 5.89. The van der Waals surface area contributed by atoms with Crippen LogP contribution in [0.25, 0.3) is 0 Å². The molecule has 3 rings (SSSR count). The van der Waals surface area contributed by atoms with Crippen molar-refractivity contribution in [2.45, 2.75) is 30.1 Å². The molecule has 0 atom stereocenters. The monoisotopic (exact) mass is 310 g/mol. The van der Waals surface area contributed by atoms with Crippen LogP contribution in [-0.2, 0) is 15.1 Å². The first-order valence-electron chi connectivity index (χ1n) is 7.35. The van der Waals surface area contributed by atoms with E-state index in [1.165, 1.54) is 10.5 Å². The van der Waals surface area contributed by atoms with E-state index in [0.717, 1.165) is 11.2 Å². The van der Waals surface area contributed by atoms with Crippen molar-refractivity contribution in [1.82, 2.24) is 0 Å². The molecule has 0 radical (unpaired) electrons. The zero-order valence-corrected chi connectivity index (χ0v) is 13.7. The summed E-state index contributed by atoms with van der Waals surface area (Å²) in [5.41, 5.74) is 1.93. The van der Waals surface area contributed by atoms with E-state index in [2.05, 4.69) is 55.1 Å². The van der Waals surface area contributed by atoms with Gasteiger partial charge in [0.15, 0.2) is 0 Å². The quantitative estimate of drug-likeness (QED) is 0.628. The van der Waals surface area contributed by atoms with Gasteiger partial charge in [0.05, 0.1) is 5.76 Å². The van der Waals surface area contributed by atoms with Gasteiger partial charge in [0.25, 0.3) is 0 Å². The summed E-state index contributed by atoms with van der Waals surface area (Å²) in [7, 11) is -0.351. The van der Waals surface area contributed by atoms with Crippen molar-refractivity contribution in [3.63, 3.8) is 0 Å². The molecule has 2 aromatic carbocycles. The van der Waals surface area contributed by atoms with Crippen LogP contribution in [0, 0.1) is 0 Å². The molecule has 4 heteroatoms. The number of thioether (sulfide) groups is 1. The molecule has 0 saturated carbocycles. The molecule has 0 aliphatic carbocycles. The Kier molecular flexibility index (Phi) is 4.32. The molecule has 0 aromatic heterocycles. The predicted molar refractivity (Wildman–Crippen MR) is 93.2 cm³/mol. The normalized spacial score (nSPS) is 16.6. The largest absolute Gasteiger partial charge is 0.563 e. The fourth-order valence-electron chi connectivity index (χ4n) is 2.23. The zero-order valence-electron chi connectivity index (χ0n) is 12.9. The predicted octanol–water partition coefficient (Wildman–Crippen LogP) is 4.01. The van der Waals surface area contributed by atoms with Gasteiger partial charge in [0.1, 0.15) is 5.60 Å². The molecule has 1 fully saturated rings. The molecule has 1 aliphatic rings. The molecule has 0 spiro atoms. The molecule has 1 aliphatic heterocycles. The number of hydrogen-bond acceptors (Lipinski definition) is 3. The van der Waals surface area contributed by atoms with Crippen LogP contribution in [0.15, 0.2) is 71.8 Å². The lowest BCUT2D eigenvalue weighted by molar-refractivity contribution is 0.173. The van der Waals surface area contributed by atoms with Crippen molar-refractivity contribution < 1.29 is 9.31 Å². The van der Waals surface area contributed by atoms with Crippen molar-refractivity contribution >= 4 is 24.3 Å². The van der Waals surface area contributed by atoms with Crippen molar-refractivity contribution in [3.05, 3.63) is 72.5 Å².